The first-order valence-corrected chi connectivity index (χ1v) is 6.21. The molecule has 0 N–H and O–H groups in total. The Balaban J connectivity index is 2.97. The average molecular weight is 364 g/mol. The molecule has 0 radical (unpaired) electrons. The van der Waals surface area contributed by atoms with E-state index >= 15 is 0 Å². The number of hydrogen-bond acceptors (Lipinski definition) is 3. The van der Waals surface area contributed by atoms with Gasteiger partial charge in [0.05, 0.1) is 16.7 Å². The Morgan fingerprint density at radius 3 is 2.56 bits per heavy atom. The van der Waals surface area contributed by atoms with Crippen molar-refractivity contribution in [3.05, 3.63) is 26.7 Å². The minimum Gasteiger partial charge on any atom is -0.459 e. The number of esters is 1. The number of carbonyl (C=O) groups excluding carboxylic acids is 1. The summed E-state index contributed by atoms with van der Waals surface area (Å²) < 4.78 is 35.4. The van der Waals surface area contributed by atoms with Crippen LogP contribution >= 0.6 is 39.1 Å². The van der Waals surface area contributed by atoms with Gasteiger partial charge in [0, 0.05) is 10.5 Å². The molecular formula is C10H7BrCl2F2O3. The van der Waals surface area contributed by atoms with Crippen LogP contribution in [0.4, 0.5) is 8.78 Å². The van der Waals surface area contributed by atoms with Gasteiger partial charge in [-0.3, -0.25) is 0 Å². The SMILES string of the molecule is CCOC(=O)C(F)(F)Oc1cc(Cl)c(Br)cc1Cl. The summed E-state index contributed by atoms with van der Waals surface area (Å²) in [5.41, 5.74) is 0. The Kier molecular flexibility index (Phi) is 5.19. The second-order valence-electron chi connectivity index (χ2n) is 3.04. The van der Waals surface area contributed by atoms with Crippen LogP contribution in [0.15, 0.2) is 16.6 Å². The van der Waals surface area contributed by atoms with Gasteiger partial charge in [-0.2, -0.15) is 8.78 Å². The zero-order valence-electron chi connectivity index (χ0n) is 8.98. The van der Waals surface area contributed by atoms with E-state index in [1.165, 1.54) is 13.0 Å². The van der Waals surface area contributed by atoms with Crippen molar-refractivity contribution in [1.29, 1.82) is 0 Å². The molecule has 18 heavy (non-hydrogen) atoms. The van der Waals surface area contributed by atoms with Crippen molar-refractivity contribution in [3.8, 4) is 5.75 Å². The Hall–Kier alpha value is -0.590. The van der Waals surface area contributed by atoms with E-state index in [1.54, 1.807) is 0 Å². The molecule has 0 saturated carbocycles. The van der Waals surface area contributed by atoms with Gasteiger partial charge in [0.15, 0.2) is 0 Å². The quantitative estimate of drug-likeness (QED) is 0.591. The molecule has 0 heterocycles. The lowest BCUT2D eigenvalue weighted by Crippen LogP contribution is -2.37. The van der Waals surface area contributed by atoms with Crippen molar-refractivity contribution in [2.24, 2.45) is 0 Å². The molecule has 0 amide bonds. The van der Waals surface area contributed by atoms with E-state index in [0.717, 1.165) is 6.07 Å². The van der Waals surface area contributed by atoms with E-state index in [0.29, 0.717) is 4.47 Å². The lowest BCUT2D eigenvalue weighted by atomic mass is 10.3. The van der Waals surface area contributed by atoms with E-state index in [4.69, 9.17) is 23.2 Å². The Morgan fingerprint density at radius 2 is 2.00 bits per heavy atom. The van der Waals surface area contributed by atoms with Crippen LogP contribution in [0.25, 0.3) is 0 Å². The number of rotatable bonds is 4. The molecule has 0 unspecified atom stereocenters. The van der Waals surface area contributed by atoms with Gasteiger partial charge in [0.2, 0.25) is 0 Å². The Morgan fingerprint density at radius 1 is 1.39 bits per heavy atom. The van der Waals surface area contributed by atoms with Crippen molar-refractivity contribution in [3.63, 3.8) is 0 Å². The summed E-state index contributed by atoms with van der Waals surface area (Å²) in [6, 6.07) is 2.35. The molecule has 0 spiro atoms. The molecular weight excluding hydrogens is 357 g/mol. The topological polar surface area (TPSA) is 35.5 Å². The highest BCUT2D eigenvalue weighted by Crippen LogP contribution is 2.36. The number of carbonyl (C=O) groups is 1. The maximum atomic E-state index is 13.3. The van der Waals surface area contributed by atoms with Crippen LogP contribution in [0.2, 0.25) is 10.0 Å². The predicted molar refractivity (Wildman–Crippen MR) is 66.4 cm³/mol. The standard InChI is InChI=1S/C10H7BrCl2F2O3/c1-2-17-9(16)10(14,15)18-8-4-6(12)5(11)3-7(8)13/h3-4H,2H2,1H3. The van der Waals surface area contributed by atoms with Gasteiger partial charge in [0.25, 0.3) is 0 Å². The van der Waals surface area contributed by atoms with E-state index in [1.807, 2.05) is 0 Å². The van der Waals surface area contributed by atoms with Crippen LogP contribution in [0.3, 0.4) is 0 Å². The van der Waals surface area contributed by atoms with Crippen LogP contribution < -0.4 is 4.74 Å². The third-order valence-corrected chi connectivity index (χ3v) is 3.22. The first-order chi connectivity index (χ1) is 8.27. The number of ether oxygens (including phenoxy) is 2. The molecule has 1 rings (SSSR count). The van der Waals surface area contributed by atoms with Crippen molar-refractivity contribution < 1.29 is 23.0 Å². The molecule has 8 heteroatoms. The number of halogens is 5. The number of hydrogen-bond donors (Lipinski definition) is 0. The number of alkyl halides is 2. The van der Waals surface area contributed by atoms with E-state index in [9.17, 15) is 13.6 Å². The van der Waals surface area contributed by atoms with E-state index < -0.39 is 17.8 Å². The second-order valence-corrected chi connectivity index (χ2v) is 4.70. The molecule has 0 aromatic heterocycles. The van der Waals surface area contributed by atoms with Gasteiger partial charge >= 0.3 is 12.1 Å². The normalized spacial score (nSPS) is 11.2. The second kappa shape index (κ2) is 6.04. The highest BCUT2D eigenvalue weighted by atomic mass is 79.9. The highest BCUT2D eigenvalue weighted by molar-refractivity contribution is 9.10. The first-order valence-electron chi connectivity index (χ1n) is 4.66. The zero-order chi connectivity index (χ0) is 13.9. The molecule has 0 aliphatic carbocycles. The van der Waals surface area contributed by atoms with E-state index in [2.05, 4.69) is 25.4 Å². The van der Waals surface area contributed by atoms with Crippen LogP contribution in [0.1, 0.15) is 6.92 Å². The van der Waals surface area contributed by atoms with Crippen molar-refractivity contribution in [1.82, 2.24) is 0 Å². The highest BCUT2D eigenvalue weighted by Gasteiger charge is 2.44. The molecule has 0 aliphatic rings. The fourth-order valence-electron chi connectivity index (χ4n) is 0.977. The summed E-state index contributed by atoms with van der Waals surface area (Å²) in [7, 11) is 0. The summed E-state index contributed by atoms with van der Waals surface area (Å²) >= 11 is 14.5. The molecule has 0 bridgehead atoms. The molecule has 0 atom stereocenters. The predicted octanol–water partition coefficient (Wildman–Crippen LogP) is 4.29. The molecule has 100 valence electrons. The third kappa shape index (κ3) is 3.70. The summed E-state index contributed by atoms with van der Waals surface area (Å²) in [6.07, 6.45) is -4.13. The van der Waals surface area contributed by atoms with Gasteiger partial charge < -0.3 is 9.47 Å². The molecule has 1 aromatic rings. The maximum absolute atomic E-state index is 13.3. The van der Waals surface area contributed by atoms with Crippen LogP contribution in [0.5, 0.6) is 5.75 Å². The van der Waals surface area contributed by atoms with Crippen molar-refractivity contribution in [2.45, 2.75) is 13.0 Å². The third-order valence-electron chi connectivity index (χ3n) is 1.73. The average Bonchev–Trinajstić information content (AvgIpc) is 2.26. The maximum Gasteiger partial charge on any atom is 0.502 e. The summed E-state index contributed by atoms with van der Waals surface area (Å²) in [4.78, 5) is 10.9. The minimum absolute atomic E-state index is 0.116. The van der Waals surface area contributed by atoms with Gasteiger partial charge in [-0.1, -0.05) is 23.2 Å². The Bertz CT molecular complexity index is 469. The smallest absolute Gasteiger partial charge is 0.459 e. The van der Waals surface area contributed by atoms with Crippen molar-refractivity contribution in [2.75, 3.05) is 6.61 Å². The molecule has 0 saturated heterocycles. The summed E-state index contributed by atoms with van der Waals surface area (Å²) in [5, 5.41) is 0.00399. The summed E-state index contributed by atoms with van der Waals surface area (Å²) in [6.45, 7) is 1.21. The zero-order valence-corrected chi connectivity index (χ0v) is 12.1. The van der Waals surface area contributed by atoms with Gasteiger partial charge in [-0.05, 0) is 28.9 Å². The molecule has 1 aromatic carbocycles. The van der Waals surface area contributed by atoms with Gasteiger partial charge in [0.1, 0.15) is 5.75 Å². The summed E-state index contributed by atoms with van der Waals surface area (Å²) in [5.74, 6) is -2.21. The molecule has 0 fully saturated rings. The van der Waals surface area contributed by atoms with Crippen LogP contribution in [-0.2, 0) is 9.53 Å². The lowest BCUT2D eigenvalue weighted by molar-refractivity contribution is -0.216. The van der Waals surface area contributed by atoms with Crippen LogP contribution in [-0.4, -0.2) is 18.7 Å². The van der Waals surface area contributed by atoms with Crippen LogP contribution in [0, 0.1) is 0 Å². The minimum atomic E-state index is -4.13. The van der Waals surface area contributed by atoms with E-state index in [-0.39, 0.29) is 16.7 Å². The fraction of sp³-hybridized carbons (Fsp3) is 0.300. The first kappa shape index (κ1) is 15.5. The fourth-order valence-corrected chi connectivity index (χ4v) is 1.81. The monoisotopic (exact) mass is 362 g/mol. The van der Waals surface area contributed by atoms with Gasteiger partial charge in [-0.25, -0.2) is 4.79 Å². The molecule has 0 aliphatic heterocycles. The molecule has 3 nitrogen and oxygen atoms in total. The number of benzene rings is 1. The Labute approximate surface area is 120 Å². The van der Waals surface area contributed by atoms with Gasteiger partial charge in [-0.15, -0.1) is 0 Å². The van der Waals surface area contributed by atoms with Crippen molar-refractivity contribution >= 4 is 45.1 Å². The largest absolute Gasteiger partial charge is 0.502 e. The lowest BCUT2D eigenvalue weighted by Gasteiger charge is -2.17.